The van der Waals surface area contributed by atoms with Crippen LogP contribution in [-0.4, -0.2) is 11.2 Å². The lowest BCUT2D eigenvalue weighted by Crippen LogP contribution is -2.39. The van der Waals surface area contributed by atoms with E-state index in [1.807, 2.05) is 0 Å². The number of rotatable bonds is 8. The predicted octanol–water partition coefficient (Wildman–Crippen LogP) is 6.52. The molecule has 0 aliphatic carbocycles. The third-order valence-corrected chi connectivity index (χ3v) is 3.68. The highest BCUT2D eigenvalue weighted by atomic mass is 16.5. The van der Waals surface area contributed by atoms with E-state index in [0.717, 1.165) is 12.8 Å². The summed E-state index contributed by atoms with van der Waals surface area (Å²) in [7, 11) is 0. The first-order valence-electron chi connectivity index (χ1n) is 8.41. The Bertz CT molecular complexity index is 271. The van der Waals surface area contributed by atoms with E-state index in [-0.39, 0.29) is 11.2 Å². The summed E-state index contributed by atoms with van der Waals surface area (Å²) in [4.78, 5) is 0. The topological polar surface area (TPSA) is 9.23 Å². The van der Waals surface area contributed by atoms with Gasteiger partial charge in [0.2, 0.25) is 0 Å². The summed E-state index contributed by atoms with van der Waals surface area (Å²) >= 11 is 0. The van der Waals surface area contributed by atoms with Crippen molar-refractivity contribution in [2.75, 3.05) is 0 Å². The summed E-state index contributed by atoms with van der Waals surface area (Å²) in [5.74, 6) is 0. The number of hydrogen-bond donors (Lipinski definition) is 0. The summed E-state index contributed by atoms with van der Waals surface area (Å²) < 4.78 is 6.37. The molecule has 0 aliphatic heterocycles. The minimum atomic E-state index is -0.0435. The summed E-state index contributed by atoms with van der Waals surface area (Å²) in [5, 5.41) is 0. The Morgan fingerprint density at radius 2 is 1.40 bits per heavy atom. The molecule has 0 aromatic rings. The van der Waals surface area contributed by atoms with Crippen molar-refractivity contribution >= 4 is 0 Å². The van der Waals surface area contributed by atoms with Gasteiger partial charge in [-0.1, -0.05) is 53.2 Å². The Morgan fingerprint density at radius 3 is 1.80 bits per heavy atom. The zero-order valence-corrected chi connectivity index (χ0v) is 15.3. The number of allylic oxidation sites excluding steroid dienone is 2. The smallest absolute Gasteiger partial charge is 0.0684 e. The summed E-state index contributed by atoms with van der Waals surface area (Å²) in [5.41, 5.74) is 0.343. The average Bonchev–Trinajstić information content (AvgIpc) is 2.29. The van der Waals surface area contributed by atoms with Gasteiger partial charge in [-0.3, -0.25) is 0 Å². The van der Waals surface area contributed by atoms with Crippen LogP contribution >= 0.6 is 0 Å². The van der Waals surface area contributed by atoms with Crippen molar-refractivity contribution in [1.29, 1.82) is 0 Å². The van der Waals surface area contributed by atoms with Crippen LogP contribution in [0.1, 0.15) is 93.9 Å². The largest absolute Gasteiger partial charge is 0.369 e. The third kappa shape index (κ3) is 9.58. The molecule has 20 heavy (non-hydrogen) atoms. The van der Waals surface area contributed by atoms with Gasteiger partial charge in [0.1, 0.15) is 0 Å². The Kier molecular flexibility index (Phi) is 8.09. The van der Waals surface area contributed by atoms with Gasteiger partial charge < -0.3 is 4.74 Å². The van der Waals surface area contributed by atoms with E-state index in [1.54, 1.807) is 0 Å². The van der Waals surface area contributed by atoms with Crippen LogP contribution < -0.4 is 0 Å². The lowest BCUT2D eigenvalue weighted by molar-refractivity contribution is -0.140. The van der Waals surface area contributed by atoms with Crippen LogP contribution in [0, 0.1) is 5.41 Å². The molecule has 0 fully saturated rings. The van der Waals surface area contributed by atoms with Crippen LogP contribution in [0.2, 0.25) is 0 Å². The second kappa shape index (κ2) is 8.22. The fourth-order valence-corrected chi connectivity index (χ4v) is 2.59. The van der Waals surface area contributed by atoms with Gasteiger partial charge >= 0.3 is 0 Å². The molecule has 0 saturated heterocycles. The van der Waals surface area contributed by atoms with Crippen LogP contribution in [0.5, 0.6) is 0 Å². The molecule has 0 aromatic heterocycles. The van der Waals surface area contributed by atoms with E-state index in [9.17, 15) is 0 Å². The van der Waals surface area contributed by atoms with Gasteiger partial charge in [0.25, 0.3) is 0 Å². The molecule has 1 nitrogen and oxygen atoms in total. The molecule has 0 aromatic carbocycles. The molecule has 0 N–H and O–H groups in total. The van der Waals surface area contributed by atoms with Crippen LogP contribution in [0.15, 0.2) is 12.2 Å². The molecule has 0 rings (SSSR count). The highest BCUT2D eigenvalue weighted by Crippen LogP contribution is 2.32. The predicted molar refractivity (Wildman–Crippen MR) is 91.2 cm³/mol. The van der Waals surface area contributed by atoms with Crippen LogP contribution in [-0.2, 0) is 4.74 Å². The van der Waals surface area contributed by atoms with Crippen molar-refractivity contribution in [3.63, 3.8) is 0 Å². The Balaban J connectivity index is 4.20. The maximum absolute atomic E-state index is 6.37. The first kappa shape index (κ1) is 19.7. The van der Waals surface area contributed by atoms with Crippen molar-refractivity contribution in [2.24, 2.45) is 5.41 Å². The summed E-state index contributed by atoms with van der Waals surface area (Å²) in [6.45, 7) is 17.8. The van der Waals surface area contributed by atoms with Gasteiger partial charge in [-0.15, -0.1) is 0 Å². The molecule has 0 amide bonds. The van der Waals surface area contributed by atoms with Crippen molar-refractivity contribution < 1.29 is 4.74 Å². The average molecular weight is 283 g/mol. The van der Waals surface area contributed by atoms with Gasteiger partial charge in [-0.2, -0.15) is 0 Å². The molecule has 0 unspecified atom stereocenters. The highest BCUT2D eigenvalue weighted by molar-refractivity contribution is 4.92. The molecule has 120 valence electrons. The van der Waals surface area contributed by atoms with Gasteiger partial charge in [0, 0.05) is 0 Å². The van der Waals surface area contributed by atoms with E-state index < -0.39 is 0 Å². The van der Waals surface area contributed by atoms with Gasteiger partial charge in [0.05, 0.1) is 11.2 Å². The molecule has 0 bridgehead atoms. The fourth-order valence-electron chi connectivity index (χ4n) is 2.59. The van der Waals surface area contributed by atoms with Crippen LogP contribution in [0.3, 0.4) is 0 Å². The normalized spacial score (nSPS) is 14.2. The zero-order valence-electron chi connectivity index (χ0n) is 15.3. The van der Waals surface area contributed by atoms with E-state index in [0.29, 0.717) is 5.41 Å². The number of unbranched alkanes of at least 4 members (excludes halogenated alkanes) is 2. The first-order valence-corrected chi connectivity index (χ1v) is 8.41. The van der Waals surface area contributed by atoms with E-state index >= 15 is 0 Å². The lowest BCUT2D eigenvalue weighted by Gasteiger charge is -2.38. The Hall–Kier alpha value is -0.300. The Morgan fingerprint density at radius 1 is 0.850 bits per heavy atom. The number of ether oxygens (including phenoxy) is 1. The van der Waals surface area contributed by atoms with Crippen molar-refractivity contribution in [3.8, 4) is 0 Å². The van der Waals surface area contributed by atoms with E-state index in [4.69, 9.17) is 4.74 Å². The molecule has 1 heteroatoms. The second-order valence-corrected chi connectivity index (χ2v) is 8.12. The molecular formula is C19H38O. The highest BCUT2D eigenvalue weighted by Gasteiger charge is 2.31. The fraction of sp³-hybridized carbons (Fsp3) is 0.895. The minimum absolute atomic E-state index is 0.0435. The monoisotopic (exact) mass is 282 g/mol. The maximum Gasteiger partial charge on any atom is 0.0684 e. The van der Waals surface area contributed by atoms with Crippen molar-refractivity contribution in [3.05, 3.63) is 12.2 Å². The molecule has 0 atom stereocenters. The standard InChI is InChI=1S/C19H38O/c1-9-19(10-2,20-18(6,7)8)16-14-12-11-13-15-17(3,4)5/h13,15H,9-12,14,16H2,1-8H3. The number of hydrogen-bond acceptors (Lipinski definition) is 1. The van der Waals surface area contributed by atoms with E-state index in [1.165, 1.54) is 25.7 Å². The van der Waals surface area contributed by atoms with Gasteiger partial charge in [0.15, 0.2) is 0 Å². The first-order chi connectivity index (χ1) is 9.04. The Labute approximate surface area is 128 Å². The van der Waals surface area contributed by atoms with Gasteiger partial charge in [-0.25, -0.2) is 0 Å². The molecule has 0 spiro atoms. The lowest BCUT2D eigenvalue weighted by atomic mass is 9.89. The molecule has 0 heterocycles. The van der Waals surface area contributed by atoms with E-state index in [2.05, 4.69) is 67.5 Å². The maximum atomic E-state index is 6.37. The molecular weight excluding hydrogens is 244 g/mol. The van der Waals surface area contributed by atoms with Crippen molar-refractivity contribution in [2.45, 2.75) is 105 Å². The third-order valence-electron chi connectivity index (χ3n) is 3.68. The van der Waals surface area contributed by atoms with Crippen LogP contribution in [0.4, 0.5) is 0 Å². The van der Waals surface area contributed by atoms with Crippen molar-refractivity contribution in [1.82, 2.24) is 0 Å². The molecule has 0 radical (unpaired) electrons. The zero-order chi connectivity index (χ0) is 15.9. The SMILES string of the molecule is CCC(CC)(CCCCC=CC(C)(C)C)OC(C)(C)C. The quantitative estimate of drug-likeness (QED) is 0.363. The second-order valence-electron chi connectivity index (χ2n) is 8.12. The van der Waals surface area contributed by atoms with Crippen LogP contribution in [0.25, 0.3) is 0 Å². The molecule has 0 aliphatic rings. The summed E-state index contributed by atoms with van der Waals surface area (Å²) in [6, 6.07) is 0. The molecule has 0 saturated carbocycles. The minimum Gasteiger partial charge on any atom is -0.369 e. The van der Waals surface area contributed by atoms with Gasteiger partial charge in [-0.05, 0) is 58.3 Å². The summed E-state index contributed by atoms with van der Waals surface area (Å²) in [6.07, 6.45) is 11.8.